The maximum atomic E-state index is 10.2. The Bertz CT molecular complexity index is 429. The van der Waals surface area contributed by atoms with Crippen LogP contribution in [-0.4, -0.2) is 24.4 Å². The molecule has 0 saturated carbocycles. The third-order valence-corrected chi connectivity index (χ3v) is 4.02. The summed E-state index contributed by atoms with van der Waals surface area (Å²) in [7, 11) is 0. The zero-order valence-corrected chi connectivity index (χ0v) is 10.9. The Balaban J connectivity index is 1.80. The average Bonchev–Trinajstić information content (AvgIpc) is 2.40. The molecule has 4 heteroatoms. The zero-order valence-electron chi connectivity index (χ0n) is 10.1. The molecule has 98 valence electrons. The van der Waals surface area contributed by atoms with Gasteiger partial charge in [-0.2, -0.15) is 0 Å². The Morgan fingerprint density at radius 2 is 2.22 bits per heavy atom. The molecule has 2 unspecified atom stereocenters. The standard InChI is InChI=1S/C14H17ClO3/c15-10-3-4-13-11(6-10)12(16)7-14(18-13)9-2-1-5-17-8-9/h3-4,6,9,12,14,16H,1-2,5,7-8H2/t9?,12-,14?/m0/s1. The van der Waals surface area contributed by atoms with Gasteiger partial charge in [-0.1, -0.05) is 11.6 Å². The minimum Gasteiger partial charge on any atom is -0.490 e. The van der Waals surface area contributed by atoms with Crippen molar-refractivity contribution in [1.29, 1.82) is 0 Å². The van der Waals surface area contributed by atoms with Gasteiger partial charge in [0.2, 0.25) is 0 Å². The van der Waals surface area contributed by atoms with Gasteiger partial charge in [-0.3, -0.25) is 0 Å². The first kappa shape index (κ1) is 12.3. The van der Waals surface area contributed by atoms with Gasteiger partial charge in [-0.15, -0.1) is 0 Å². The van der Waals surface area contributed by atoms with Crippen molar-refractivity contribution in [2.75, 3.05) is 13.2 Å². The second-order valence-electron chi connectivity index (χ2n) is 5.07. The first-order valence-corrected chi connectivity index (χ1v) is 6.84. The Morgan fingerprint density at radius 3 is 3.00 bits per heavy atom. The molecule has 18 heavy (non-hydrogen) atoms. The maximum Gasteiger partial charge on any atom is 0.125 e. The fourth-order valence-electron chi connectivity index (χ4n) is 2.79. The van der Waals surface area contributed by atoms with Crippen LogP contribution in [0.5, 0.6) is 5.75 Å². The second kappa shape index (κ2) is 5.08. The van der Waals surface area contributed by atoms with Gasteiger partial charge in [0.1, 0.15) is 11.9 Å². The third kappa shape index (κ3) is 2.35. The highest BCUT2D eigenvalue weighted by Crippen LogP contribution is 2.39. The van der Waals surface area contributed by atoms with Crippen molar-refractivity contribution < 1.29 is 14.6 Å². The Morgan fingerprint density at radius 1 is 1.33 bits per heavy atom. The topological polar surface area (TPSA) is 38.7 Å². The fraction of sp³-hybridized carbons (Fsp3) is 0.571. The molecule has 0 spiro atoms. The largest absolute Gasteiger partial charge is 0.490 e. The van der Waals surface area contributed by atoms with E-state index < -0.39 is 6.10 Å². The molecular formula is C14H17ClO3. The molecule has 1 fully saturated rings. The first-order chi connectivity index (χ1) is 8.74. The molecule has 3 atom stereocenters. The summed E-state index contributed by atoms with van der Waals surface area (Å²) in [5.41, 5.74) is 0.801. The number of benzene rings is 1. The molecule has 3 rings (SSSR count). The van der Waals surface area contributed by atoms with Crippen molar-refractivity contribution in [3.63, 3.8) is 0 Å². The van der Waals surface area contributed by atoms with Crippen LogP contribution in [0.15, 0.2) is 18.2 Å². The van der Waals surface area contributed by atoms with Crippen LogP contribution in [0.1, 0.15) is 30.9 Å². The molecule has 0 aromatic heterocycles. The molecule has 0 aliphatic carbocycles. The maximum absolute atomic E-state index is 10.2. The van der Waals surface area contributed by atoms with E-state index in [1.165, 1.54) is 0 Å². The van der Waals surface area contributed by atoms with Crippen LogP contribution >= 0.6 is 11.6 Å². The van der Waals surface area contributed by atoms with Gasteiger partial charge in [0.15, 0.2) is 0 Å². The highest BCUT2D eigenvalue weighted by Gasteiger charge is 2.33. The van der Waals surface area contributed by atoms with E-state index in [4.69, 9.17) is 21.1 Å². The quantitative estimate of drug-likeness (QED) is 0.851. The Labute approximate surface area is 112 Å². The number of fused-ring (bicyclic) bond motifs is 1. The van der Waals surface area contributed by atoms with Gasteiger partial charge in [0, 0.05) is 29.5 Å². The molecule has 0 bridgehead atoms. The van der Waals surface area contributed by atoms with Gasteiger partial charge in [0.05, 0.1) is 12.7 Å². The van der Waals surface area contributed by atoms with Crippen molar-refractivity contribution in [2.45, 2.75) is 31.5 Å². The number of ether oxygens (including phenoxy) is 2. The molecular weight excluding hydrogens is 252 g/mol. The predicted molar refractivity (Wildman–Crippen MR) is 69.0 cm³/mol. The van der Waals surface area contributed by atoms with E-state index in [-0.39, 0.29) is 6.10 Å². The Kier molecular flexibility index (Phi) is 3.46. The molecule has 3 nitrogen and oxygen atoms in total. The van der Waals surface area contributed by atoms with Crippen molar-refractivity contribution in [3.05, 3.63) is 28.8 Å². The first-order valence-electron chi connectivity index (χ1n) is 6.46. The summed E-state index contributed by atoms with van der Waals surface area (Å²) in [6.45, 7) is 1.58. The van der Waals surface area contributed by atoms with E-state index in [2.05, 4.69) is 0 Å². The third-order valence-electron chi connectivity index (χ3n) is 3.79. The summed E-state index contributed by atoms with van der Waals surface area (Å²) in [6.07, 6.45) is 2.38. The van der Waals surface area contributed by atoms with Gasteiger partial charge in [0.25, 0.3) is 0 Å². The van der Waals surface area contributed by atoms with Crippen molar-refractivity contribution >= 4 is 11.6 Å². The van der Waals surface area contributed by atoms with Gasteiger partial charge in [-0.25, -0.2) is 0 Å². The predicted octanol–water partition coefficient (Wildman–Crippen LogP) is 2.95. The lowest BCUT2D eigenvalue weighted by Crippen LogP contribution is -2.37. The van der Waals surface area contributed by atoms with Crippen molar-refractivity contribution in [3.8, 4) is 5.75 Å². The summed E-state index contributed by atoms with van der Waals surface area (Å²) in [6, 6.07) is 5.43. The minimum atomic E-state index is -0.487. The lowest BCUT2D eigenvalue weighted by atomic mass is 9.88. The highest BCUT2D eigenvalue weighted by atomic mass is 35.5. The minimum absolute atomic E-state index is 0.0500. The number of halogens is 1. The van der Waals surface area contributed by atoms with E-state index in [0.29, 0.717) is 17.4 Å². The highest BCUT2D eigenvalue weighted by molar-refractivity contribution is 6.30. The molecule has 1 aromatic carbocycles. The van der Waals surface area contributed by atoms with Crippen LogP contribution in [0.3, 0.4) is 0 Å². The summed E-state index contributed by atoms with van der Waals surface area (Å²) in [5.74, 6) is 1.14. The smallest absolute Gasteiger partial charge is 0.125 e. The van der Waals surface area contributed by atoms with Crippen molar-refractivity contribution in [2.24, 2.45) is 5.92 Å². The summed E-state index contributed by atoms with van der Waals surface area (Å²) in [5, 5.41) is 10.8. The molecule has 2 heterocycles. The molecule has 1 saturated heterocycles. The SMILES string of the molecule is O[C@H]1CC(C2CCCOC2)Oc2ccc(Cl)cc21. The summed E-state index contributed by atoms with van der Waals surface area (Å²) in [4.78, 5) is 0. The van der Waals surface area contributed by atoms with E-state index in [1.807, 2.05) is 6.07 Å². The van der Waals surface area contributed by atoms with Crippen LogP contribution in [-0.2, 0) is 4.74 Å². The van der Waals surface area contributed by atoms with E-state index in [9.17, 15) is 5.11 Å². The van der Waals surface area contributed by atoms with Gasteiger partial charge in [-0.05, 0) is 31.0 Å². The molecule has 0 radical (unpaired) electrons. The lowest BCUT2D eigenvalue weighted by Gasteiger charge is -2.36. The lowest BCUT2D eigenvalue weighted by molar-refractivity contribution is -0.0285. The summed E-state index contributed by atoms with van der Waals surface area (Å²) >= 11 is 5.94. The normalized spacial score (nSPS) is 31.6. The van der Waals surface area contributed by atoms with E-state index in [1.54, 1.807) is 12.1 Å². The van der Waals surface area contributed by atoms with Gasteiger partial charge >= 0.3 is 0 Å². The fourth-order valence-corrected chi connectivity index (χ4v) is 2.97. The van der Waals surface area contributed by atoms with E-state index >= 15 is 0 Å². The van der Waals surface area contributed by atoms with Crippen LogP contribution in [0.4, 0.5) is 0 Å². The molecule has 1 aromatic rings. The van der Waals surface area contributed by atoms with Gasteiger partial charge < -0.3 is 14.6 Å². The van der Waals surface area contributed by atoms with Crippen molar-refractivity contribution in [1.82, 2.24) is 0 Å². The number of aliphatic hydroxyl groups is 1. The number of hydrogen-bond donors (Lipinski definition) is 1. The molecule has 2 aliphatic rings. The molecule has 1 N–H and O–H groups in total. The second-order valence-corrected chi connectivity index (χ2v) is 5.50. The average molecular weight is 269 g/mol. The van der Waals surface area contributed by atoms with Crippen LogP contribution in [0, 0.1) is 5.92 Å². The van der Waals surface area contributed by atoms with E-state index in [0.717, 1.165) is 37.4 Å². The Hall–Kier alpha value is -0.770. The van der Waals surface area contributed by atoms with Crippen LogP contribution < -0.4 is 4.74 Å². The monoisotopic (exact) mass is 268 g/mol. The summed E-state index contributed by atoms with van der Waals surface area (Å²) < 4.78 is 11.5. The zero-order chi connectivity index (χ0) is 12.5. The van der Waals surface area contributed by atoms with Crippen LogP contribution in [0.25, 0.3) is 0 Å². The number of rotatable bonds is 1. The molecule has 0 amide bonds. The number of aliphatic hydroxyl groups excluding tert-OH is 1. The van der Waals surface area contributed by atoms with Crippen LogP contribution in [0.2, 0.25) is 5.02 Å². The number of hydrogen-bond acceptors (Lipinski definition) is 3. The molecule has 2 aliphatic heterocycles.